The van der Waals surface area contributed by atoms with Crippen LogP contribution in [0.5, 0.6) is 0 Å². The molecule has 7 nitrogen and oxygen atoms in total. The van der Waals surface area contributed by atoms with Crippen molar-refractivity contribution in [2.24, 2.45) is 4.99 Å². The Kier molecular flexibility index (Phi) is 6.13. The summed E-state index contributed by atoms with van der Waals surface area (Å²) in [4.78, 5) is 12.7. The van der Waals surface area contributed by atoms with Crippen LogP contribution in [-0.2, 0) is 25.0 Å². The van der Waals surface area contributed by atoms with E-state index in [1.807, 2.05) is 12.5 Å². The summed E-state index contributed by atoms with van der Waals surface area (Å²) in [6.45, 7) is 8.28. The molecule has 0 radical (unpaired) electrons. The zero-order valence-corrected chi connectivity index (χ0v) is 16.9. The van der Waals surface area contributed by atoms with Crippen LogP contribution in [0.4, 0.5) is 0 Å². The number of rotatable bonds is 6. The molecule has 0 amide bonds. The molecule has 2 aromatic heterocycles. The fourth-order valence-electron chi connectivity index (χ4n) is 2.73. The van der Waals surface area contributed by atoms with E-state index >= 15 is 0 Å². The van der Waals surface area contributed by atoms with Gasteiger partial charge >= 0.3 is 0 Å². The third kappa shape index (κ3) is 5.45. The Balaban J connectivity index is 1.52. The SMILES string of the molecule is CN=C(NCc1cccc(Cn2ccnc2)c1)NCc1ncc(C(C)(C)C)o1. The number of aliphatic imine (C=N–C) groups is 1. The highest BCUT2D eigenvalue weighted by atomic mass is 16.4. The molecular weight excluding hydrogens is 352 g/mol. The van der Waals surface area contributed by atoms with Gasteiger partial charge in [-0.05, 0) is 11.1 Å². The zero-order valence-electron chi connectivity index (χ0n) is 16.9. The van der Waals surface area contributed by atoms with Crippen molar-refractivity contribution in [1.82, 2.24) is 25.2 Å². The van der Waals surface area contributed by atoms with Crippen LogP contribution in [0.3, 0.4) is 0 Å². The average Bonchev–Trinajstić information content (AvgIpc) is 3.34. The maximum absolute atomic E-state index is 5.81. The fourth-order valence-corrected chi connectivity index (χ4v) is 2.73. The minimum Gasteiger partial charge on any atom is -0.443 e. The molecule has 0 saturated carbocycles. The van der Waals surface area contributed by atoms with E-state index in [1.165, 1.54) is 11.1 Å². The van der Waals surface area contributed by atoms with E-state index in [2.05, 4.69) is 75.2 Å². The average molecular weight is 380 g/mol. The molecule has 1 aromatic carbocycles. The van der Waals surface area contributed by atoms with Crippen molar-refractivity contribution in [1.29, 1.82) is 0 Å². The topological polar surface area (TPSA) is 80.3 Å². The van der Waals surface area contributed by atoms with Crippen molar-refractivity contribution in [3.8, 4) is 0 Å². The van der Waals surface area contributed by atoms with Crippen LogP contribution in [-0.4, -0.2) is 27.5 Å². The second-order valence-corrected chi connectivity index (χ2v) is 7.70. The first-order chi connectivity index (χ1) is 13.4. The summed E-state index contributed by atoms with van der Waals surface area (Å²) in [5.74, 6) is 2.23. The lowest BCUT2D eigenvalue weighted by molar-refractivity contribution is 0.379. The van der Waals surface area contributed by atoms with Crippen molar-refractivity contribution >= 4 is 5.96 Å². The molecule has 7 heteroatoms. The minimum absolute atomic E-state index is 0.0487. The van der Waals surface area contributed by atoms with Crippen molar-refractivity contribution in [2.75, 3.05) is 7.05 Å². The number of nitrogens with one attached hydrogen (secondary N) is 2. The van der Waals surface area contributed by atoms with Gasteiger partial charge in [-0.3, -0.25) is 4.99 Å². The molecule has 2 heterocycles. The maximum atomic E-state index is 5.81. The molecule has 0 spiro atoms. The molecule has 148 valence electrons. The minimum atomic E-state index is -0.0487. The Bertz CT molecular complexity index is 905. The fraction of sp³-hybridized carbons (Fsp3) is 0.381. The van der Waals surface area contributed by atoms with Gasteiger partial charge in [-0.25, -0.2) is 9.97 Å². The normalized spacial score (nSPS) is 12.2. The van der Waals surface area contributed by atoms with Gasteiger partial charge in [-0.1, -0.05) is 45.0 Å². The molecule has 0 aliphatic carbocycles. The first-order valence-corrected chi connectivity index (χ1v) is 9.37. The van der Waals surface area contributed by atoms with E-state index in [0.29, 0.717) is 24.9 Å². The molecule has 0 saturated heterocycles. The zero-order chi connectivity index (χ0) is 20.0. The Morgan fingerprint density at radius 1 is 1.18 bits per heavy atom. The Labute approximate surface area is 165 Å². The van der Waals surface area contributed by atoms with Gasteiger partial charge in [-0.2, -0.15) is 0 Å². The Morgan fingerprint density at radius 2 is 1.96 bits per heavy atom. The highest BCUT2D eigenvalue weighted by molar-refractivity contribution is 5.79. The molecule has 3 rings (SSSR count). The summed E-state index contributed by atoms with van der Waals surface area (Å²) in [5.41, 5.74) is 2.37. The van der Waals surface area contributed by atoms with Crippen molar-refractivity contribution < 1.29 is 4.42 Å². The number of oxazole rings is 1. The molecular formula is C21H28N6O. The quantitative estimate of drug-likeness (QED) is 0.507. The number of guanidine groups is 1. The van der Waals surface area contributed by atoms with Gasteiger partial charge in [0, 0.05) is 37.9 Å². The second kappa shape index (κ2) is 8.73. The maximum Gasteiger partial charge on any atom is 0.213 e. The van der Waals surface area contributed by atoms with E-state index in [-0.39, 0.29) is 5.41 Å². The van der Waals surface area contributed by atoms with E-state index in [1.54, 1.807) is 19.4 Å². The lowest BCUT2D eigenvalue weighted by Crippen LogP contribution is -2.36. The Morgan fingerprint density at radius 3 is 2.64 bits per heavy atom. The van der Waals surface area contributed by atoms with Crippen LogP contribution in [0, 0.1) is 0 Å². The van der Waals surface area contributed by atoms with Gasteiger partial charge in [0.2, 0.25) is 5.89 Å². The molecule has 0 unspecified atom stereocenters. The smallest absolute Gasteiger partial charge is 0.213 e. The van der Waals surface area contributed by atoms with Gasteiger partial charge in [-0.15, -0.1) is 0 Å². The highest BCUT2D eigenvalue weighted by Gasteiger charge is 2.19. The first-order valence-electron chi connectivity index (χ1n) is 9.37. The number of hydrogen-bond acceptors (Lipinski definition) is 4. The van der Waals surface area contributed by atoms with E-state index in [0.717, 1.165) is 12.3 Å². The summed E-state index contributed by atoms with van der Waals surface area (Å²) >= 11 is 0. The van der Waals surface area contributed by atoms with E-state index in [9.17, 15) is 0 Å². The third-order valence-electron chi connectivity index (χ3n) is 4.30. The number of aromatic nitrogens is 3. The first kappa shape index (κ1) is 19.7. The number of hydrogen-bond donors (Lipinski definition) is 2. The van der Waals surface area contributed by atoms with Crippen LogP contribution < -0.4 is 10.6 Å². The molecule has 28 heavy (non-hydrogen) atoms. The molecule has 0 bridgehead atoms. The van der Waals surface area contributed by atoms with Crippen LogP contribution in [0.1, 0.15) is 43.5 Å². The molecule has 0 aliphatic heterocycles. The molecule has 0 atom stereocenters. The summed E-state index contributed by atoms with van der Waals surface area (Å²) in [6, 6.07) is 8.47. The predicted octanol–water partition coefficient (Wildman–Crippen LogP) is 3.08. The third-order valence-corrected chi connectivity index (χ3v) is 4.30. The monoisotopic (exact) mass is 380 g/mol. The summed E-state index contributed by atoms with van der Waals surface area (Å²) in [5, 5.41) is 6.57. The lowest BCUT2D eigenvalue weighted by atomic mass is 9.94. The van der Waals surface area contributed by atoms with Gasteiger partial charge < -0.3 is 19.6 Å². The van der Waals surface area contributed by atoms with Crippen LogP contribution in [0.25, 0.3) is 0 Å². The van der Waals surface area contributed by atoms with E-state index < -0.39 is 0 Å². The van der Waals surface area contributed by atoms with Gasteiger partial charge in [0.15, 0.2) is 5.96 Å². The summed E-state index contributed by atoms with van der Waals surface area (Å²) < 4.78 is 7.86. The van der Waals surface area contributed by atoms with Crippen molar-refractivity contribution in [2.45, 2.75) is 45.8 Å². The standard InChI is InChI=1S/C21H28N6O/c1-21(2,3)18-12-24-19(28-18)13-26-20(22-4)25-11-16-6-5-7-17(10-16)14-27-9-8-23-15-27/h5-10,12,15H,11,13-14H2,1-4H3,(H2,22,25,26). The predicted molar refractivity (Wildman–Crippen MR) is 110 cm³/mol. The van der Waals surface area contributed by atoms with Crippen LogP contribution >= 0.6 is 0 Å². The largest absolute Gasteiger partial charge is 0.443 e. The second-order valence-electron chi connectivity index (χ2n) is 7.70. The molecule has 3 aromatic rings. The van der Waals surface area contributed by atoms with Gasteiger partial charge in [0.25, 0.3) is 0 Å². The number of benzene rings is 1. The summed E-state index contributed by atoms with van der Waals surface area (Å²) in [7, 11) is 1.75. The summed E-state index contributed by atoms with van der Waals surface area (Å²) in [6.07, 6.45) is 7.37. The molecule has 0 aliphatic rings. The van der Waals surface area contributed by atoms with Crippen LogP contribution in [0.15, 0.2) is 58.6 Å². The van der Waals surface area contributed by atoms with Gasteiger partial charge in [0.05, 0.1) is 19.1 Å². The van der Waals surface area contributed by atoms with Crippen LogP contribution in [0.2, 0.25) is 0 Å². The number of nitrogens with zero attached hydrogens (tertiary/aromatic N) is 4. The highest BCUT2D eigenvalue weighted by Crippen LogP contribution is 2.22. The lowest BCUT2D eigenvalue weighted by Gasteiger charge is -2.13. The molecule has 0 fully saturated rings. The van der Waals surface area contributed by atoms with E-state index in [4.69, 9.17) is 4.42 Å². The molecule has 2 N–H and O–H groups in total. The van der Waals surface area contributed by atoms with Gasteiger partial charge in [0.1, 0.15) is 5.76 Å². The van der Waals surface area contributed by atoms with Crippen molar-refractivity contribution in [3.05, 3.63) is 72.0 Å². The Hall–Kier alpha value is -3.09. The van der Waals surface area contributed by atoms with Crippen molar-refractivity contribution in [3.63, 3.8) is 0 Å². The number of imidazole rings is 1.